The van der Waals surface area contributed by atoms with Gasteiger partial charge in [-0.15, -0.1) is 11.3 Å². The van der Waals surface area contributed by atoms with Crippen molar-refractivity contribution < 1.29 is 4.79 Å². The van der Waals surface area contributed by atoms with Gasteiger partial charge in [0.15, 0.2) is 0 Å². The van der Waals surface area contributed by atoms with Crippen LogP contribution in [-0.4, -0.2) is 12.5 Å². The number of thiophene rings is 1. The van der Waals surface area contributed by atoms with Crippen molar-refractivity contribution in [2.45, 2.75) is 26.3 Å². The Balaban J connectivity index is 1.85. The standard InChI is InChI=1S/C18H21N3OS/c1-13(2)17(14-6-4-3-5-7-14)20-10-8-16(22)21-18-15(12-19)9-11-23-18/h3-7,9,11,13,17,20H,8,10H2,1-2H3,(H,21,22)/t17-/m0/s1. The third-order valence-corrected chi connectivity index (χ3v) is 4.41. The van der Waals surface area contributed by atoms with Crippen LogP contribution in [0.3, 0.4) is 0 Å². The number of hydrogen-bond donors (Lipinski definition) is 2. The van der Waals surface area contributed by atoms with E-state index in [0.717, 1.165) is 0 Å². The molecule has 0 bridgehead atoms. The second-order valence-electron chi connectivity index (χ2n) is 5.66. The summed E-state index contributed by atoms with van der Waals surface area (Å²) in [5.74, 6) is 0.356. The molecule has 2 rings (SSSR count). The molecule has 4 nitrogen and oxygen atoms in total. The summed E-state index contributed by atoms with van der Waals surface area (Å²) in [6.45, 7) is 4.92. The minimum Gasteiger partial charge on any atom is -0.317 e. The minimum absolute atomic E-state index is 0.0768. The number of carbonyl (C=O) groups excluding carboxylic acids is 1. The molecule has 0 aliphatic carbocycles. The van der Waals surface area contributed by atoms with Crippen LogP contribution in [0.4, 0.5) is 5.00 Å². The quantitative estimate of drug-likeness (QED) is 0.809. The van der Waals surface area contributed by atoms with Gasteiger partial charge in [0.2, 0.25) is 5.91 Å². The van der Waals surface area contributed by atoms with E-state index in [9.17, 15) is 4.79 Å². The molecule has 1 amide bonds. The number of rotatable bonds is 7. The molecule has 0 aliphatic heterocycles. The van der Waals surface area contributed by atoms with Gasteiger partial charge in [0, 0.05) is 19.0 Å². The summed E-state index contributed by atoms with van der Waals surface area (Å²) < 4.78 is 0. The van der Waals surface area contributed by atoms with Crippen molar-refractivity contribution in [1.82, 2.24) is 5.32 Å². The van der Waals surface area contributed by atoms with Gasteiger partial charge < -0.3 is 10.6 Å². The molecule has 2 N–H and O–H groups in total. The summed E-state index contributed by atoms with van der Waals surface area (Å²) in [4.78, 5) is 12.0. The van der Waals surface area contributed by atoms with Gasteiger partial charge in [0.05, 0.1) is 5.56 Å². The highest BCUT2D eigenvalue weighted by atomic mass is 32.1. The first kappa shape index (κ1) is 17.2. The van der Waals surface area contributed by atoms with Crippen molar-refractivity contribution in [3.63, 3.8) is 0 Å². The Bertz CT molecular complexity index is 673. The lowest BCUT2D eigenvalue weighted by Gasteiger charge is -2.23. The fourth-order valence-electron chi connectivity index (χ4n) is 2.42. The van der Waals surface area contributed by atoms with Gasteiger partial charge in [0.25, 0.3) is 0 Å². The molecule has 1 aromatic carbocycles. The Hall–Kier alpha value is -2.16. The predicted octanol–water partition coefficient (Wildman–Crippen LogP) is 3.94. The SMILES string of the molecule is CC(C)[C@H](NCCC(=O)Nc1sccc1C#N)c1ccccc1. The first-order valence-corrected chi connectivity index (χ1v) is 8.55. The smallest absolute Gasteiger partial charge is 0.226 e. The third-order valence-electron chi connectivity index (χ3n) is 3.58. The summed E-state index contributed by atoms with van der Waals surface area (Å²) in [6.07, 6.45) is 0.374. The van der Waals surface area contributed by atoms with E-state index in [1.165, 1.54) is 16.9 Å². The van der Waals surface area contributed by atoms with E-state index in [1.54, 1.807) is 11.4 Å². The van der Waals surface area contributed by atoms with Crippen molar-refractivity contribution in [3.8, 4) is 6.07 Å². The van der Waals surface area contributed by atoms with Crippen molar-refractivity contribution in [1.29, 1.82) is 5.26 Å². The summed E-state index contributed by atoms with van der Waals surface area (Å²) in [5, 5.41) is 17.6. The zero-order chi connectivity index (χ0) is 16.7. The molecule has 120 valence electrons. The topological polar surface area (TPSA) is 64.9 Å². The Morgan fingerprint density at radius 3 is 2.65 bits per heavy atom. The molecule has 0 saturated heterocycles. The van der Waals surface area contributed by atoms with E-state index in [4.69, 9.17) is 5.26 Å². The Kier molecular flexibility index (Phi) is 6.33. The van der Waals surface area contributed by atoms with Gasteiger partial charge >= 0.3 is 0 Å². The number of amides is 1. The van der Waals surface area contributed by atoms with E-state index in [-0.39, 0.29) is 11.9 Å². The van der Waals surface area contributed by atoms with E-state index >= 15 is 0 Å². The van der Waals surface area contributed by atoms with Crippen LogP contribution in [0.25, 0.3) is 0 Å². The van der Waals surface area contributed by atoms with E-state index in [0.29, 0.717) is 29.4 Å². The van der Waals surface area contributed by atoms with Gasteiger partial charge in [-0.25, -0.2) is 0 Å². The molecule has 0 saturated carbocycles. The maximum atomic E-state index is 12.0. The Labute approximate surface area is 141 Å². The first-order chi connectivity index (χ1) is 11.1. The highest BCUT2D eigenvalue weighted by Gasteiger charge is 2.15. The number of nitrogens with one attached hydrogen (secondary N) is 2. The van der Waals surface area contributed by atoms with Crippen molar-refractivity contribution in [2.24, 2.45) is 5.92 Å². The fourth-order valence-corrected chi connectivity index (χ4v) is 3.18. The zero-order valence-corrected chi connectivity index (χ0v) is 14.2. The summed E-state index contributed by atoms with van der Waals surface area (Å²) in [5.41, 5.74) is 1.74. The molecule has 1 atom stereocenters. The highest BCUT2D eigenvalue weighted by molar-refractivity contribution is 7.14. The van der Waals surface area contributed by atoms with Crippen LogP contribution in [0.1, 0.15) is 37.4 Å². The lowest BCUT2D eigenvalue weighted by atomic mass is 9.96. The normalized spacial score (nSPS) is 11.9. The molecule has 0 aliphatic rings. The molecule has 0 radical (unpaired) electrons. The number of nitrogens with zero attached hydrogens (tertiary/aromatic N) is 1. The highest BCUT2D eigenvalue weighted by Crippen LogP contribution is 2.23. The second-order valence-corrected chi connectivity index (χ2v) is 6.58. The second kappa shape index (κ2) is 8.47. The maximum absolute atomic E-state index is 12.0. The molecule has 1 aromatic heterocycles. The van der Waals surface area contributed by atoms with Crippen molar-refractivity contribution >= 4 is 22.2 Å². The Morgan fingerprint density at radius 1 is 1.26 bits per heavy atom. The molecule has 2 aromatic rings. The van der Waals surface area contributed by atoms with Gasteiger partial charge in [-0.3, -0.25) is 4.79 Å². The van der Waals surface area contributed by atoms with Crippen LogP contribution in [0.15, 0.2) is 41.8 Å². The van der Waals surface area contributed by atoms with Crippen LogP contribution in [0.2, 0.25) is 0 Å². The number of nitriles is 1. The molecule has 23 heavy (non-hydrogen) atoms. The average Bonchev–Trinajstić information content (AvgIpc) is 2.99. The largest absolute Gasteiger partial charge is 0.317 e. The number of hydrogen-bond acceptors (Lipinski definition) is 4. The van der Waals surface area contributed by atoms with Crippen LogP contribution in [-0.2, 0) is 4.79 Å². The lowest BCUT2D eigenvalue weighted by molar-refractivity contribution is -0.116. The lowest BCUT2D eigenvalue weighted by Crippen LogP contribution is -2.29. The molecular weight excluding hydrogens is 306 g/mol. The average molecular weight is 327 g/mol. The summed E-state index contributed by atoms with van der Waals surface area (Å²) in [6, 6.07) is 14.3. The Morgan fingerprint density at radius 2 is 2.00 bits per heavy atom. The van der Waals surface area contributed by atoms with Crippen LogP contribution in [0.5, 0.6) is 0 Å². The number of benzene rings is 1. The number of carbonyl (C=O) groups is 1. The maximum Gasteiger partial charge on any atom is 0.226 e. The van der Waals surface area contributed by atoms with E-state index in [1.807, 2.05) is 18.2 Å². The van der Waals surface area contributed by atoms with E-state index in [2.05, 4.69) is 42.7 Å². The molecule has 1 heterocycles. The molecule has 0 fully saturated rings. The van der Waals surface area contributed by atoms with Gasteiger partial charge in [-0.2, -0.15) is 5.26 Å². The zero-order valence-electron chi connectivity index (χ0n) is 13.4. The first-order valence-electron chi connectivity index (χ1n) is 7.67. The molecule has 0 spiro atoms. The monoisotopic (exact) mass is 327 g/mol. The van der Waals surface area contributed by atoms with Gasteiger partial charge in [-0.05, 0) is 22.9 Å². The minimum atomic E-state index is -0.0768. The van der Waals surface area contributed by atoms with Crippen LogP contribution >= 0.6 is 11.3 Å². The molecular formula is C18H21N3OS. The summed E-state index contributed by atoms with van der Waals surface area (Å²) >= 11 is 1.37. The van der Waals surface area contributed by atoms with E-state index < -0.39 is 0 Å². The van der Waals surface area contributed by atoms with Crippen molar-refractivity contribution in [3.05, 3.63) is 52.9 Å². The predicted molar refractivity (Wildman–Crippen MR) is 94.3 cm³/mol. The molecule has 5 heteroatoms. The van der Waals surface area contributed by atoms with Gasteiger partial charge in [0.1, 0.15) is 11.1 Å². The third kappa shape index (κ3) is 4.92. The molecule has 0 unspecified atom stereocenters. The van der Waals surface area contributed by atoms with Crippen LogP contribution in [0, 0.1) is 17.2 Å². The fraction of sp³-hybridized carbons (Fsp3) is 0.333. The summed E-state index contributed by atoms with van der Waals surface area (Å²) in [7, 11) is 0. The van der Waals surface area contributed by atoms with Crippen LogP contribution < -0.4 is 10.6 Å². The van der Waals surface area contributed by atoms with Crippen molar-refractivity contribution in [2.75, 3.05) is 11.9 Å². The number of anilines is 1. The van der Waals surface area contributed by atoms with Gasteiger partial charge in [-0.1, -0.05) is 44.2 Å².